The molecule has 2 amide bonds. The number of alkyl carbamates (subject to hydrolysis) is 1. The van der Waals surface area contributed by atoms with Gasteiger partial charge >= 0.3 is 18.4 Å². The number of aliphatic carboxylic acids is 1. The Labute approximate surface area is 186 Å². The number of carbonyl (C=O) groups excluding carboxylic acids is 2. The molecule has 1 unspecified atom stereocenters. The van der Waals surface area contributed by atoms with Crippen LogP contribution < -0.4 is 10.6 Å². The number of benzene rings is 2. The number of hydrogen-bond donors (Lipinski definition) is 3. The van der Waals surface area contributed by atoms with Gasteiger partial charge in [-0.3, -0.25) is 14.3 Å². The number of halogens is 3. The summed E-state index contributed by atoms with van der Waals surface area (Å²) in [4.78, 5) is 35.5. The summed E-state index contributed by atoms with van der Waals surface area (Å²) in [5, 5.41) is 13.3. The van der Waals surface area contributed by atoms with Crippen LogP contribution in [0.3, 0.4) is 0 Å². The van der Waals surface area contributed by atoms with Crippen LogP contribution in [0.1, 0.15) is 23.5 Å². The van der Waals surface area contributed by atoms with Crippen molar-refractivity contribution in [2.24, 2.45) is 0 Å². The van der Waals surface area contributed by atoms with E-state index >= 15 is 0 Å². The number of carboxylic acids is 1. The SMILES string of the molecule is O=C(O)CC(NC(=O)OCC1c2ccccc2-c2ccccc21)C(=O)NCCOC(F)(F)F. The van der Waals surface area contributed by atoms with Crippen LogP contribution in [0, 0.1) is 0 Å². The molecule has 1 atom stereocenters. The Morgan fingerprint density at radius 3 is 2.12 bits per heavy atom. The van der Waals surface area contributed by atoms with Crippen molar-refractivity contribution in [3.8, 4) is 11.1 Å². The van der Waals surface area contributed by atoms with Crippen LogP contribution in [-0.4, -0.2) is 55.2 Å². The molecular formula is C22H21F3N2O6. The molecule has 3 N–H and O–H groups in total. The summed E-state index contributed by atoms with van der Waals surface area (Å²) in [6, 6.07) is 13.8. The average molecular weight is 466 g/mol. The molecular weight excluding hydrogens is 445 g/mol. The highest BCUT2D eigenvalue weighted by atomic mass is 19.4. The van der Waals surface area contributed by atoms with Crippen LogP contribution in [0.25, 0.3) is 11.1 Å². The lowest BCUT2D eigenvalue weighted by molar-refractivity contribution is -0.323. The van der Waals surface area contributed by atoms with Crippen molar-refractivity contribution < 1.29 is 42.1 Å². The zero-order valence-electron chi connectivity index (χ0n) is 17.2. The van der Waals surface area contributed by atoms with Crippen molar-refractivity contribution in [2.45, 2.75) is 24.7 Å². The van der Waals surface area contributed by atoms with Crippen molar-refractivity contribution in [3.05, 3.63) is 59.7 Å². The predicted molar refractivity (Wildman–Crippen MR) is 109 cm³/mol. The number of alkyl halides is 3. The Morgan fingerprint density at radius 1 is 1.00 bits per heavy atom. The minimum absolute atomic E-state index is 0.0549. The minimum atomic E-state index is -4.86. The maximum absolute atomic E-state index is 12.3. The van der Waals surface area contributed by atoms with Crippen LogP contribution in [0.4, 0.5) is 18.0 Å². The first-order valence-electron chi connectivity index (χ1n) is 9.97. The molecule has 0 radical (unpaired) electrons. The van der Waals surface area contributed by atoms with E-state index in [1.54, 1.807) is 0 Å². The zero-order valence-corrected chi connectivity index (χ0v) is 17.2. The maximum atomic E-state index is 12.3. The average Bonchev–Trinajstić information content (AvgIpc) is 3.07. The first-order valence-corrected chi connectivity index (χ1v) is 9.97. The highest BCUT2D eigenvalue weighted by Gasteiger charge is 2.31. The van der Waals surface area contributed by atoms with Gasteiger partial charge in [-0.2, -0.15) is 0 Å². The first kappa shape index (κ1) is 24.1. The summed E-state index contributed by atoms with van der Waals surface area (Å²) in [5.74, 6) is -2.60. The van der Waals surface area contributed by atoms with E-state index in [-0.39, 0.29) is 12.5 Å². The number of carbonyl (C=O) groups is 3. The largest absolute Gasteiger partial charge is 0.522 e. The lowest BCUT2D eigenvalue weighted by Gasteiger charge is -2.19. The van der Waals surface area contributed by atoms with Gasteiger partial charge in [0.05, 0.1) is 13.0 Å². The molecule has 11 heteroatoms. The Morgan fingerprint density at radius 2 is 1.58 bits per heavy atom. The number of hydrogen-bond acceptors (Lipinski definition) is 5. The minimum Gasteiger partial charge on any atom is -0.481 e. The molecule has 1 aliphatic rings. The molecule has 0 aliphatic heterocycles. The van der Waals surface area contributed by atoms with Gasteiger partial charge in [0.15, 0.2) is 0 Å². The molecule has 0 saturated heterocycles. The third kappa shape index (κ3) is 6.45. The summed E-state index contributed by atoms with van der Waals surface area (Å²) in [6.45, 7) is -1.44. The van der Waals surface area contributed by atoms with Crippen molar-refractivity contribution >= 4 is 18.0 Å². The predicted octanol–water partition coefficient (Wildman–Crippen LogP) is 3.02. The highest BCUT2D eigenvalue weighted by Crippen LogP contribution is 2.44. The molecule has 8 nitrogen and oxygen atoms in total. The summed E-state index contributed by atoms with van der Waals surface area (Å²) in [6.07, 6.45) is -6.66. The maximum Gasteiger partial charge on any atom is 0.522 e. The molecule has 0 heterocycles. The second kappa shape index (κ2) is 10.3. The Kier molecular flexibility index (Phi) is 7.54. The van der Waals surface area contributed by atoms with E-state index in [0.717, 1.165) is 22.3 Å². The van der Waals surface area contributed by atoms with E-state index in [9.17, 15) is 27.6 Å². The van der Waals surface area contributed by atoms with Gasteiger partial charge in [0, 0.05) is 12.5 Å². The van der Waals surface area contributed by atoms with Gasteiger partial charge in [0.25, 0.3) is 0 Å². The second-order valence-corrected chi connectivity index (χ2v) is 7.21. The number of rotatable bonds is 9. The van der Waals surface area contributed by atoms with Crippen molar-refractivity contribution in [2.75, 3.05) is 19.8 Å². The molecule has 2 aromatic carbocycles. The van der Waals surface area contributed by atoms with Crippen LogP contribution in [0.2, 0.25) is 0 Å². The molecule has 0 aromatic heterocycles. The van der Waals surface area contributed by atoms with E-state index in [1.165, 1.54) is 0 Å². The Bertz CT molecular complexity index is 982. The lowest BCUT2D eigenvalue weighted by Crippen LogP contribution is -2.48. The number of nitrogens with one attached hydrogen (secondary N) is 2. The standard InChI is InChI=1S/C22H21F3N2O6/c23-22(24,25)33-10-9-26-20(30)18(11-19(28)29)27-21(31)32-12-17-15-7-3-1-5-13(15)14-6-2-4-8-16(14)17/h1-8,17-18H,9-12H2,(H,26,30)(H,27,31)(H,28,29). The fraction of sp³-hybridized carbons (Fsp3) is 0.318. The van der Waals surface area contributed by atoms with E-state index in [4.69, 9.17) is 9.84 Å². The monoisotopic (exact) mass is 466 g/mol. The van der Waals surface area contributed by atoms with E-state index in [0.29, 0.717) is 0 Å². The van der Waals surface area contributed by atoms with Gasteiger partial charge in [0.1, 0.15) is 12.6 Å². The van der Waals surface area contributed by atoms with E-state index in [1.807, 2.05) is 48.5 Å². The molecule has 1 aliphatic carbocycles. The topological polar surface area (TPSA) is 114 Å². The van der Waals surface area contributed by atoms with E-state index in [2.05, 4.69) is 15.4 Å². The molecule has 0 fully saturated rings. The number of amides is 2. The van der Waals surface area contributed by atoms with Crippen molar-refractivity contribution in [3.63, 3.8) is 0 Å². The molecule has 176 valence electrons. The third-order valence-electron chi connectivity index (χ3n) is 5.00. The quantitative estimate of drug-likeness (QED) is 0.490. The normalized spacial score (nSPS) is 13.5. The summed E-state index contributed by atoms with van der Waals surface area (Å²) >= 11 is 0. The zero-order chi connectivity index (χ0) is 24.0. The Hall–Kier alpha value is -3.60. The molecule has 0 spiro atoms. The van der Waals surface area contributed by atoms with Gasteiger partial charge in [0.2, 0.25) is 5.91 Å². The van der Waals surface area contributed by atoms with Crippen LogP contribution in [0.5, 0.6) is 0 Å². The summed E-state index contributed by atoms with van der Waals surface area (Å²) in [5.41, 5.74) is 3.98. The third-order valence-corrected chi connectivity index (χ3v) is 5.00. The number of fused-ring (bicyclic) bond motifs is 3. The molecule has 0 bridgehead atoms. The van der Waals surface area contributed by atoms with Gasteiger partial charge in [-0.25, -0.2) is 4.79 Å². The van der Waals surface area contributed by atoms with Gasteiger partial charge in [-0.1, -0.05) is 48.5 Å². The fourth-order valence-electron chi connectivity index (χ4n) is 3.63. The van der Waals surface area contributed by atoms with Crippen LogP contribution in [-0.2, 0) is 19.1 Å². The Balaban J connectivity index is 1.58. The summed E-state index contributed by atoms with van der Waals surface area (Å²) < 4.78 is 44.8. The molecule has 3 rings (SSSR count). The highest BCUT2D eigenvalue weighted by molar-refractivity contribution is 5.89. The smallest absolute Gasteiger partial charge is 0.481 e. The summed E-state index contributed by atoms with van der Waals surface area (Å²) in [7, 11) is 0. The second-order valence-electron chi connectivity index (χ2n) is 7.21. The first-order chi connectivity index (χ1) is 15.7. The molecule has 0 saturated carbocycles. The molecule has 2 aromatic rings. The lowest BCUT2D eigenvalue weighted by atomic mass is 9.98. The van der Waals surface area contributed by atoms with Crippen molar-refractivity contribution in [1.82, 2.24) is 10.6 Å². The van der Waals surface area contributed by atoms with Crippen molar-refractivity contribution in [1.29, 1.82) is 0 Å². The van der Waals surface area contributed by atoms with Gasteiger partial charge in [-0.05, 0) is 22.3 Å². The van der Waals surface area contributed by atoms with Gasteiger partial charge in [-0.15, -0.1) is 13.2 Å². The van der Waals surface area contributed by atoms with Gasteiger partial charge < -0.3 is 20.5 Å². The fourth-order valence-corrected chi connectivity index (χ4v) is 3.63. The number of ether oxygens (including phenoxy) is 2. The van der Waals surface area contributed by atoms with Crippen LogP contribution in [0.15, 0.2) is 48.5 Å². The number of carboxylic acid groups (broad SMARTS) is 1. The van der Waals surface area contributed by atoms with E-state index < -0.39 is 49.9 Å². The van der Waals surface area contributed by atoms with Crippen LogP contribution >= 0.6 is 0 Å². The molecule has 33 heavy (non-hydrogen) atoms.